The number of benzene rings is 1. The van der Waals surface area contributed by atoms with Gasteiger partial charge in [0.05, 0.1) is 5.02 Å². The topological polar surface area (TPSA) is 29.3 Å². The molecule has 1 aliphatic heterocycles. The van der Waals surface area contributed by atoms with Crippen LogP contribution in [0.2, 0.25) is 5.02 Å². The smallest absolute Gasteiger partial charge is 0.146 e. The van der Waals surface area contributed by atoms with Crippen molar-refractivity contribution in [1.82, 2.24) is 4.90 Å². The predicted octanol–water partition coefficient (Wildman–Crippen LogP) is 3.85. The third-order valence-corrected chi connectivity index (χ3v) is 4.81. The van der Waals surface area contributed by atoms with Gasteiger partial charge in [0.15, 0.2) is 0 Å². The highest BCUT2D eigenvalue weighted by molar-refractivity contribution is 6.30. The summed E-state index contributed by atoms with van der Waals surface area (Å²) in [5.41, 5.74) is 6.53. The lowest BCUT2D eigenvalue weighted by molar-refractivity contribution is 0.115. The van der Waals surface area contributed by atoms with Crippen molar-refractivity contribution in [3.8, 4) is 0 Å². The van der Waals surface area contributed by atoms with Gasteiger partial charge in [-0.25, -0.2) is 4.39 Å². The number of nitrogens with zero attached hydrogens (tertiary/aromatic N) is 1. The molecule has 1 saturated heterocycles. The van der Waals surface area contributed by atoms with E-state index in [4.69, 9.17) is 17.3 Å². The van der Waals surface area contributed by atoms with E-state index in [2.05, 4.69) is 18.7 Å². The Morgan fingerprint density at radius 3 is 2.55 bits per heavy atom. The molecule has 1 heterocycles. The maximum Gasteiger partial charge on any atom is 0.146 e. The number of hydrogen-bond acceptors (Lipinski definition) is 2. The zero-order chi connectivity index (χ0) is 14.7. The van der Waals surface area contributed by atoms with Crippen LogP contribution in [0.5, 0.6) is 0 Å². The Kier molecular flexibility index (Phi) is 5.42. The minimum absolute atomic E-state index is 0.0678. The van der Waals surface area contributed by atoms with Gasteiger partial charge in [0.2, 0.25) is 0 Å². The van der Waals surface area contributed by atoms with Crippen LogP contribution in [0.3, 0.4) is 0 Å². The zero-order valence-corrected chi connectivity index (χ0v) is 13.0. The fraction of sp³-hybridized carbons (Fsp3) is 0.625. The van der Waals surface area contributed by atoms with E-state index < -0.39 is 0 Å². The first-order valence-corrected chi connectivity index (χ1v) is 7.80. The molecule has 2 nitrogen and oxygen atoms in total. The minimum atomic E-state index is -0.324. The normalized spacial score (nSPS) is 19.5. The van der Waals surface area contributed by atoms with E-state index in [1.165, 1.54) is 0 Å². The maximum absolute atomic E-state index is 14.2. The molecule has 0 aliphatic carbocycles. The zero-order valence-electron chi connectivity index (χ0n) is 12.3. The molecule has 0 saturated carbocycles. The summed E-state index contributed by atoms with van der Waals surface area (Å²) in [5.74, 6) is 1.17. The summed E-state index contributed by atoms with van der Waals surface area (Å²) in [4.78, 5) is 2.30. The second kappa shape index (κ2) is 6.88. The summed E-state index contributed by atoms with van der Waals surface area (Å²) >= 11 is 5.88. The van der Waals surface area contributed by atoms with Crippen LogP contribution in [0.15, 0.2) is 18.2 Å². The predicted molar refractivity (Wildman–Crippen MR) is 82.3 cm³/mol. The highest BCUT2D eigenvalue weighted by atomic mass is 35.5. The molecule has 112 valence electrons. The van der Waals surface area contributed by atoms with Crippen molar-refractivity contribution in [2.45, 2.75) is 32.7 Å². The van der Waals surface area contributed by atoms with E-state index >= 15 is 0 Å². The highest BCUT2D eigenvalue weighted by Crippen LogP contribution is 2.32. The molecule has 1 unspecified atom stereocenters. The van der Waals surface area contributed by atoms with Gasteiger partial charge in [-0.1, -0.05) is 37.6 Å². The molecule has 0 radical (unpaired) electrons. The van der Waals surface area contributed by atoms with Crippen LogP contribution >= 0.6 is 11.6 Å². The Hall–Kier alpha value is -0.640. The van der Waals surface area contributed by atoms with Gasteiger partial charge in [-0.3, -0.25) is 4.90 Å². The quantitative estimate of drug-likeness (QED) is 0.915. The summed E-state index contributed by atoms with van der Waals surface area (Å²) in [6.45, 7) is 6.94. The molecule has 0 amide bonds. The average molecular weight is 299 g/mol. The molecule has 0 spiro atoms. The fourth-order valence-corrected chi connectivity index (χ4v) is 3.33. The molecule has 1 aliphatic rings. The van der Waals surface area contributed by atoms with E-state index in [9.17, 15) is 4.39 Å². The first kappa shape index (κ1) is 15.7. The van der Waals surface area contributed by atoms with Gasteiger partial charge in [-0.05, 0) is 43.8 Å². The maximum atomic E-state index is 14.2. The van der Waals surface area contributed by atoms with Crippen LogP contribution in [-0.4, -0.2) is 24.5 Å². The molecule has 0 aromatic heterocycles. The second-order valence-corrected chi connectivity index (χ2v) is 6.42. The molecule has 4 heteroatoms. The van der Waals surface area contributed by atoms with E-state index in [0.29, 0.717) is 12.1 Å². The molecule has 1 aromatic rings. The standard InChI is InChI=1S/C16H24ClFN2/c1-11(2)12-6-8-20(9-7-12)15(10-19)13-4-3-5-14(17)16(13)18/h3-5,11-12,15H,6-10,19H2,1-2H3. The van der Waals surface area contributed by atoms with Crippen molar-refractivity contribution in [2.75, 3.05) is 19.6 Å². The van der Waals surface area contributed by atoms with Crippen LogP contribution in [-0.2, 0) is 0 Å². The Balaban J connectivity index is 2.12. The van der Waals surface area contributed by atoms with Gasteiger partial charge in [0, 0.05) is 18.2 Å². The first-order valence-electron chi connectivity index (χ1n) is 7.42. The number of rotatable bonds is 4. The number of likely N-dealkylation sites (tertiary alicyclic amines) is 1. The average Bonchev–Trinajstić information content (AvgIpc) is 2.45. The summed E-state index contributed by atoms with van der Waals surface area (Å²) in [6.07, 6.45) is 2.33. The van der Waals surface area contributed by atoms with E-state index in [0.717, 1.165) is 37.8 Å². The van der Waals surface area contributed by atoms with Crippen molar-refractivity contribution >= 4 is 11.6 Å². The molecule has 2 rings (SSSR count). The third-order valence-electron chi connectivity index (χ3n) is 4.52. The van der Waals surface area contributed by atoms with Crippen molar-refractivity contribution in [3.05, 3.63) is 34.6 Å². The van der Waals surface area contributed by atoms with Crippen LogP contribution in [0.25, 0.3) is 0 Å². The monoisotopic (exact) mass is 298 g/mol. The summed E-state index contributed by atoms with van der Waals surface area (Å²) in [6, 6.07) is 5.11. The molecule has 2 N–H and O–H groups in total. The SMILES string of the molecule is CC(C)C1CCN(C(CN)c2cccc(Cl)c2F)CC1. The third kappa shape index (κ3) is 3.33. The molecule has 20 heavy (non-hydrogen) atoms. The Labute approximate surface area is 126 Å². The van der Waals surface area contributed by atoms with Crippen LogP contribution in [0, 0.1) is 17.7 Å². The molecule has 1 atom stereocenters. The molecule has 0 bridgehead atoms. The Morgan fingerprint density at radius 2 is 2.00 bits per heavy atom. The second-order valence-electron chi connectivity index (χ2n) is 6.01. The van der Waals surface area contributed by atoms with E-state index in [1.807, 2.05) is 0 Å². The first-order chi connectivity index (χ1) is 9.54. The van der Waals surface area contributed by atoms with Crippen molar-refractivity contribution in [1.29, 1.82) is 0 Å². The van der Waals surface area contributed by atoms with E-state index in [-0.39, 0.29) is 16.9 Å². The van der Waals surface area contributed by atoms with Gasteiger partial charge < -0.3 is 5.73 Å². The van der Waals surface area contributed by atoms with Crippen LogP contribution in [0.1, 0.15) is 38.3 Å². The minimum Gasteiger partial charge on any atom is -0.329 e. The van der Waals surface area contributed by atoms with Crippen LogP contribution in [0.4, 0.5) is 4.39 Å². The van der Waals surface area contributed by atoms with Gasteiger partial charge in [-0.15, -0.1) is 0 Å². The lowest BCUT2D eigenvalue weighted by atomic mass is 9.86. The molecule has 1 fully saturated rings. The summed E-state index contributed by atoms with van der Waals surface area (Å²) in [7, 11) is 0. The lowest BCUT2D eigenvalue weighted by Gasteiger charge is -2.38. The largest absolute Gasteiger partial charge is 0.329 e. The number of nitrogens with two attached hydrogens (primary N) is 1. The van der Waals surface area contributed by atoms with Gasteiger partial charge in [0.1, 0.15) is 5.82 Å². The summed E-state index contributed by atoms with van der Waals surface area (Å²) in [5, 5.41) is 0.179. The van der Waals surface area contributed by atoms with E-state index in [1.54, 1.807) is 18.2 Å². The van der Waals surface area contributed by atoms with Gasteiger partial charge >= 0.3 is 0 Å². The van der Waals surface area contributed by atoms with Gasteiger partial charge in [0.25, 0.3) is 0 Å². The Morgan fingerprint density at radius 1 is 1.35 bits per heavy atom. The summed E-state index contributed by atoms with van der Waals surface area (Å²) < 4.78 is 14.2. The Bertz CT molecular complexity index is 442. The van der Waals surface area contributed by atoms with Gasteiger partial charge in [-0.2, -0.15) is 0 Å². The number of halogens is 2. The molecular formula is C16H24ClFN2. The number of hydrogen-bond donors (Lipinski definition) is 1. The van der Waals surface area contributed by atoms with Crippen molar-refractivity contribution in [2.24, 2.45) is 17.6 Å². The van der Waals surface area contributed by atoms with Crippen LogP contribution < -0.4 is 5.73 Å². The molecular weight excluding hydrogens is 275 g/mol. The lowest BCUT2D eigenvalue weighted by Crippen LogP contribution is -2.41. The fourth-order valence-electron chi connectivity index (χ4n) is 3.15. The van der Waals surface area contributed by atoms with Crippen molar-refractivity contribution in [3.63, 3.8) is 0 Å². The number of piperidine rings is 1. The molecule has 1 aromatic carbocycles. The highest BCUT2D eigenvalue weighted by Gasteiger charge is 2.28. The van der Waals surface area contributed by atoms with Crippen molar-refractivity contribution < 1.29 is 4.39 Å².